The standard InChI is InChI=1S/C29H25FO2S/c1-5-32-28(31)23-14-10-21(17-26(23)30)9-8-20-11-15-27-24(16-20)25(18-29(3,4)33-27)22-12-6-19(2)7-13-22/h6-7,10-18H,5H2,1-4H3. The monoisotopic (exact) mass is 456 g/mol. The number of fused-ring (bicyclic) bond motifs is 1. The second-order valence-electron chi connectivity index (χ2n) is 8.51. The van der Waals surface area contributed by atoms with Crippen LogP contribution in [0.2, 0.25) is 0 Å². The molecule has 0 atom stereocenters. The number of thioether (sulfide) groups is 1. The Hall–Kier alpha value is -3.29. The molecule has 0 saturated heterocycles. The number of carbonyl (C=O) groups is 1. The highest BCUT2D eigenvalue weighted by atomic mass is 32.2. The molecule has 1 aliphatic rings. The molecule has 0 N–H and O–H groups in total. The van der Waals surface area contributed by atoms with E-state index < -0.39 is 11.8 Å². The summed E-state index contributed by atoms with van der Waals surface area (Å²) in [5.41, 5.74) is 6.02. The van der Waals surface area contributed by atoms with Crippen LogP contribution in [0.1, 0.15) is 58.9 Å². The molecule has 1 heterocycles. The van der Waals surface area contributed by atoms with E-state index >= 15 is 0 Å². The zero-order valence-corrected chi connectivity index (χ0v) is 20.0. The number of carbonyl (C=O) groups excluding carboxylic acids is 1. The van der Waals surface area contributed by atoms with Gasteiger partial charge in [-0.3, -0.25) is 0 Å². The molecule has 1 aliphatic heterocycles. The van der Waals surface area contributed by atoms with Crippen molar-refractivity contribution in [2.75, 3.05) is 6.61 Å². The quantitative estimate of drug-likeness (QED) is 0.313. The lowest BCUT2D eigenvalue weighted by molar-refractivity contribution is 0.0521. The van der Waals surface area contributed by atoms with E-state index in [0.717, 1.165) is 11.1 Å². The van der Waals surface area contributed by atoms with Gasteiger partial charge in [0.2, 0.25) is 0 Å². The molecule has 0 spiro atoms. The van der Waals surface area contributed by atoms with Gasteiger partial charge in [0.15, 0.2) is 0 Å². The maximum Gasteiger partial charge on any atom is 0.341 e. The molecule has 3 aromatic carbocycles. The third kappa shape index (κ3) is 5.21. The van der Waals surface area contributed by atoms with Crippen LogP contribution in [0.5, 0.6) is 0 Å². The number of esters is 1. The Morgan fingerprint density at radius 2 is 1.67 bits per heavy atom. The Bertz CT molecular complexity index is 1310. The zero-order valence-electron chi connectivity index (χ0n) is 19.2. The molecule has 0 fully saturated rings. The van der Waals surface area contributed by atoms with Gasteiger partial charge in [-0.1, -0.05) is 47.7 Å². The van der Waals surface area contributed by atoms with E-state index in [1.165, 1.54) is 33.7 Å². The minimum atomic E-state index is -0.667. The highest BCUT2D eigenvalue weighted by molar-refractivity contribution is 8.01. The maximum atomic E-state index is 14.3. The smallest absolute Gasteiger partial charge is 0.341 e. The van der Waals surface area contributed by atoms with Crippen molar-refractivity contribution in [1.82, 2.24) is 0 Å². The summed E-state index contributed by atoms with van der Waals surface area (Å²) in [4.78, 5) is 13.0. The summed E-state index contributed by atoms with van der Waals surface area (Å²) in [6, 6.07) is 19.1. The Kier molecular flexibility index (Phi) is 6.44. The van der Waals surface area contributed by atoms with Crippen LogP contribution in [0.25, 0.3) is 5.57 Å². The summed E-state index contributed by atoms with van der Waals surface area (Å²) in [6.07, 6.45) is 2.31. The van der Waals surface area contributed by atoms with Gasteiger partial charge in [0.05, 0.1) is 12.2 Å². The summed E-state index contributed by atoms with van der Waals surface area (Å²) < 4.78 is 19.2. The largest absolute Gasteiger partial charge is 0.462 e. The average molecular weight is 457 g/mol. The van der Waals surface area contributed by atoms with Crippen molar-refractivity contribution in [3.8, 4) is 11.8 Å². The number of halogens is 1. The number of ether oxygens (including phenoxy) is 1. The lowest BCUT2D eigenvalue weighted by Crippen LogP contribution is -2.16. The fraction of sp³-hybridized carbons (Fsp3) is 0.207. The Morgan fingerprint density at radius 3 is 2.33 bits per heavy atom. The number of hydrogen-bond donors (Lipinski definition) is 0. The molecule has 0 amide bonds. The molecule has 4 rings (SSSR count). The number of rotatable bonds is 3. The van der Waals surface area contributed by atoms with Crippen molar-refractivity contribution in [3.63, 3.8) is 0 Å². The summed E-state index contributed by atoms with van der Waals surface area (Å²) in [7, 11) is 0. The first-order chi connectivity index (χ1) is 15.8. The third-order valence-electron chi connectivity index (χ3n) is 5.31. The molecule has 0 aliphatic carbocycles. The first-order valence-electron chi connectivity index (χ1n) is 10.9. The van der Waals surface area contributed by atoms with E-state index in [1.807, 2.05) is 17.8 Å². The van der Waals surface area contributed by atoms with Crippen LogP contribution >= 0.6 is 11.8 Å². The van der Waals surface area contributed by atoms with Gasteiger partial charge in [0.1, 0.15) is 5.82 Å². The number of aryl methyl sites for hydroxylation is 1. The zero-order chi connectivity index (χ0) is 23.6. The van der Waals surface area contributed by atoms with Crippen molar-refractivity contribution in [2.24, 2.45) is 0 Å². The summed E-state index contributed by atoms with van der Waals surface area (Å²) in [6.45, 7) is 8.41. The molecule has 0 saturated carbocycles. The van der Waals surface area contributed by atoms with Crippen LogP contribution in [-0.4, -0.2) is 17.3 Å². The topological polar surface area (TPSA) is 26.3 Å². The Morgan fingerprint density at radius 1 is 1.00 bits per heavy atom. The molecule has 33 heavy (non-hydrogen) atoms. The molecular formula is C29H25FO2S. The molecule has 0 bridgehead atoms. The van der Waals surface area contributed by atoms with E-state index in [9.17, 15) is 9.18 Å². The van der Waals surface area contributed by atoms with E-state index in [4.69, 9.17) is 4.74 Å². The van der Waals surface area contributed by atoms with Gasteiger partial charge >= 0.3 is 5.97 Å². The van der Waals surface area contributed by atoms with Gasteiger partial charge in [-0.2, -0.15) is 0 Å². The van der Waals surface area contributed by atoms with Gasteiger partial charge in [0.25, 0.3) is 0 Å². The van der Waals surface area contributed by atoms with Crippen LogP contribution in [0.3, 0.4) is 0 Å². The van der Waals surface area contributed by atoms with Crippen LogP contribution < -0.4 is 0 Å². The van der Waals surface area contributed by atoms with Gasteiger partial charge in [0, 0.05) is 20.8 Å². The second-order valence-corrected chi connectivity index (χ2v) is 10.2. The van der Waals surface area contributed by atoms with E-state index in [-0.39, 0.29) is 16.9 Å². The summed E-state index contributed by atoms with van der Waals surface area (Å²) in [5.74, 6) is 4.86. The lowest BCUT2D eigenvalue weighted by Gasteiger charge is -2.29. The molecule has 0 aromatic heterocycles. The summed E-state index contributed by atoms with van der Waals surface area (Å²) >= 11 is 1.83. The third-order valence-corrected chi connectivity index (χ3v) is 6.53. The van der Waals surface area contributed by atoms with Crippen molar-refractivity contribution in [3.05, 3.63) is 106 Å². The van der Waals surface area contributed by atoms with Gasteiger partial charge in [-0.15, -0.1) is 11.8 Å². The van der Waals surface area contributed by atoms with Crippen LogP contribution in [0.4, 0.5) is 4.39 Å². The summed E-state index contributed by atoms with van der Waals surface area (Å²) in [5, 5.41) is 0. The fourth-order valence-corrected chi connectivity index (χ4v) is 4.89. The lowest BCUT2D eigenvalue weighted by atomic mass is 9.92. The highest BCUT2D eigenvalue weighted by Crippen LogP contribution is 2.46. The predicted octanol–water partition coefficient (Wildman–Crippen LogP) is 7.03. The van der Waals surface area contributed by atoms with Crippen molar-refractivity contribution < 1.29 is 13.9 Å². The number of hydrogen-bond acceptors (Lipinski definition) is 3. The fourth-order valence-electron chi connectivity index (χ4n) is 3.73. The average Bonchev–Trinajstić information content (AvgIpc) is 2.77. The molecular weight excluding hydrogens is 431 g/mol. The maximum absolute atomic E-state index is 14.3. The van der Waals surface area contributed by atoms with Crippen molar-refractivity contribution in [1.29, 1.82) is 0 Å². The molecule has 2 nitrogen and oxygen atoms in total. The van der Waals surface area contributed by atoms with Gasteiger partial charge in [-0.05, 0) is 80.8 Å². The Labute approximate surface area is 198 Å². The number of benzene rings is 3. The SMILES string of the molecule is CCOC(=O)c1ccc(C#Cc2ccc3c(c2)C(c2ccc(C)cc2)=CC(C)(C)S3)cc1F. The Balaban J connectivity index is 1.68. The van der Waals surface area contributed by atoms with E-state index in [2.05, 4.69) is 75.1 Å². The first-order valence-corrected chi connectivity index (χ1v) is 11.7. The predicted molar refractivity (Wildman–Crippen MR) is 133 cm³/mol. The van der Waals surface area contributed by atoms with E-state index in [1.54, 1.807) is 13.0 Å². The van der Waals surface area contributed by atoms with Gasteiger partial charge < -0.3 is 4.74 Å². The van der Waals surface area contributed by atoms with E-state index in [0.29, 0.717) is 5.56 Å². The second kappa shape index (κ2) is 9.29. The normalized spacial score (nSPS) is 13.9. The van der Waals surface area contributed by atoms with Crippen molar-refractivity contribution >= 4 is 23.3 Å². The van der Waals surface area contributed by atoms with Crippen LogP contribution in [0.15, 0.2) is 71.6 Å². The first kappa shape index (κ1) is 22.9. The van der Waals surface area contributed by atoms with Crippen LogP contribution in [-0.2, 0) is 4.74 Å². The minimum Gasteiger partial charge on any atom is -0.462 e. The highest BCUT2D eigenvalue weighted by Gasteiger charge is 2.26. The molecule has 166 valence electrons. The molecule has 3 aromatic rings. The molecule has 4 heteroatoms. The minimum absolute atomic E-state index is 0.0153. The van der Waals surface area contributed by atoms with Crippen molar-refractivity contribution in [2.45, 2.75) is 37.3 Å². The molecule has 0 unspecified atom stereocenters. The van der Waals surface area contributed by atoms with Gasteiger partial charge in [-0.25, -0.2) is 9.18 Å². The van der Waals surface area contributed by atoms with Crippen LogP contribution in [0, 0.1) is 24.6 Å². The molecule has 0 radical (unpaired) electrons.